The number of anilines is 1. The van der Waals surface area contributed by atoms with Gasteiger partial charge in [-0.3, -0.25) is 20.2 Å². The minimum absolute atomic E-state index is 0.0949. The smallest absolute Gasteiger partial charge is 0.229 e. The van der Waals surface area contributed by atoms with Gasteiger partial charge in [-0.25, -0.2) is 4.98 Å². The molecule has 0 aliphatic heterocycles. The maximum absolute atomic E-state index is 12.3. The Kier molecular flexibility index (Phi) is 6.34. The summed E-state index contributed by atoms with van der Waals surface area (Å²) in [6.45, 7) is 10.9. The minimum atomic E-state index is -0.519. The number of nitrogens with two attached hydrogens (primary N) is 1. The van der Waals surface area contributed by atoms with Crippen molar-refractivity contribution in [1.82, 2.24) is 20.3 Å². The lowest BCUT2D eigenvalue weighted by atomic mass is 9.95. The maximum atomic E-state index is 12.3. The van der Waals surface area contributed by atoms with E-state index in [-0.39, 0.29) is 17.4 Å². The van der Waals surface area contributed by atoms with Crippen molar-refractivity contribution in [3.05, 3.63) is 71.5 Å². The number of pyridine rings is 2. The van der Waals surface area contributed by atoms with Crippen LogP contribution in [0.15, 0.2) is 59.6 Å². The summed E-state index contributed by atoms with van der Waals surface area (Å²) in [7, 11) is 0. The molecule has 0 spiro atoms. The van der Waals surface area contributed by atoms with Gasteiger partial charge in [0.1, 0.15) is 5.82 Å². The summed E-state index contributed by atoms with van der Waals surface area (Å²) in [5.74, 6) is 0.139. The highest BCUT2D eigenvalue weighted by molar-refractivity contribution is 6.14. The Balaban J connectivity index is 1.96. The fraction of sp³-hybridized carbons (Fsp3) is 0.208. The summed E-state index contributed by atoms with van der Waals surface area (Å²) < 4.78 is 0. The van der Waals surface area contributed by atoms with E-state index in [4.69, 9.17) is 11.1 Å². The van der Waals surface area contributed by atoms with Gasteiger partial charge in [0.15, 0.2) is 0 Å². The number of nitrogens with one attached hydrogen (secondary N) is 3. The largest absolute Gasteiger partial charge is 0.383 e. The molecule has 0 fully saturated rings. The number of carbonyl (C=O) groups excluding carboxylic acids is 1. The highest BCUT2D eigenvalue weighted by Gasteiger charge is 2.21. The average molecular weight is 430 g/mol. The lowest BCUT2D eigenvalue weighted by Crippen LogP contribution is -2.33. The van der Waals surface area contributed by atoms with Crippen molar-refractivity contribution in [3.8, 4) is 0 Å². The zero-order chi connectivity index (χ0) is 23.5. The number of hydrogen-bond acceptors (Lipinski definition) is 6. The van der Waals surface area contributed by atoms with Crippen LogP contribution in [-0.2, 0) is 4.79 Å². The average Bonchev–Trinajstić information content (AvgIpc) is 3.17. The standard InChI is InChI=1S/C24H27N7O/c1-14(30-23(32)24(2,3)4)9-15(12-27-5)16-10-17(22(26)29-13-16)21(25)20-11-19-18(31-20)7-6-8-28-19/h6-13,25,31H,5H2,1-4H3,(H2,26,29)(H,30,32)/b14-9+,15-12+,25-21?. The van der Waals surface area contributed by atoms with Crippen molar-refractivity contribution >= 4 is 40.8 Å². The van der Waals surface area contributed by atoms with E-state index in [0.29, 0.717) is 28.1 Å². The molecule has 0 bridgehead atoms. The number of rotatable bonds is 6. The maximum Gasteiger partial charge on any atom is 0.229 e. The van der Waals surface area contributed by atoms with Gasteiger partial charge in [0.2, 0.25) is 5.91 Å². The van der Waals surface area contributed by atoms with Gasteiger partial charge in [0, 0.05) is 46.4 Å². The molecule has 8 heteroatoms. The first-order valence-electron chi connectivity index (χ1n) is 10.0. The number of aromatic nitrogens is 3. The molecule has 0 aromatic carbocycles. The fourth-order valence-corrected chi connectivity index (χ4v) is 3.00. The van der Waals surface area contributed by atoms with Crippen molar-refractivity contribution in [3.63, 3.8) is 0 Å². The Morgan fingerprint density at radius 1 is 1.31 bits per heavy atom. The van der Waals surface area contributed by atoms with Gasteiger partial charge in [-0.2, -0.15) is 0 Å². The summed E-state index contributed by atoms with van der Waals surface area (Å²) in [5, 5.41) is 11.6. The molecule has 3 aromatic heterocycles. The fourth-order valence-electron chi connectivity index (χ4n) is 3.00. The van der Waals surface area contributed by atoms with Gasteiger partial charge in [-0.15, -0.1) is 0 Å². The van der Waals surface area contributed by atoms with Gasteiger partial charge in [-0.05, 0) is 44.0 Å². The number of H-pyrrole nitrogens is 1. The van der Waals surface area contributed by atoms with Gasteiger partial charge in [0.25, 0.3) is 0 Å². The van der Waals surface area contributed by atoms with Crippen molar-refractivity contribution in [2.45, 2.75) is 27.7 Å². The molecule has 3 heterocycles. The van der Waals surface area contributed by atoms with Crippen LogP contribution in [0, 0.1) is 10.8 Å². The van der Waals surface area contributed by atoms with E-state index in [9.17, 15) is 4.79 Å². The molecule has 8 nitrogen and oxygen atoms in total. The van der Waals surface area contributed by atoms with E-state index >= 15 is 0 Å². The second-order valence-corrected chi connectivity index (χ2v) is 8.45. The molecule has 0 aliphatic carbocycles. The predicted octanol–water partition coefficient (Wildman–Crippen LogP) is 4.06. The molecule has 3 aromatic rings. The summed E-state index contributed by atoms with van der Waals surface area (Å²) in [4.78, 5) is 27.9. The number of fused-ring (bicyclic) bond motifs is 1. The summed E-state index contributed by atoms with van der Waals surface area (Å²) >= 11 is 0. The minimum Gasteiger partial charge on any atom is -0.383 e. The molecule has 0 aliphatic rings. The van der Waals surface area contributed by atoms with Crippen molar-refractivity contribution in [1.29, 1.82) is 5.41 Å². The second-order valence-electron chi connectivity index (χ2n) is 8.45. The van der Waals surface area contributed by atoms with Gasteiger partial charge < -0.3 is 16.0 Å². The van der Waals surface area contributed by atoms with E-state index in [0.717, 1.165) is 11.0 Å². The summed E-state index contributed by atoms with van der Waals surface area (Å²) in [6.07, 6.45) is 6.66. The Labute approximate surface area is 186 Å². The van der Waals surface area contributed by atoms with E-state index < -0.39 is 5.41 Å². The second kappa shape index (κ2) is 8.97. The Bertz CT molecular complexity index is 1230. The number of nitrogen functional groups attached to an aromatic ring is 1. The molecule has 32 heavy (non-hydrogen) atoms. The summed E-state index contributed by atoms with van der Waals surface area (Å²) in [5.41, 5.74) is 10.4. The number of allylic oxidation sites excluding steroid dienone is 3. The molecule has 0 atom stereocenters. The van der Waals surface area contributed by atoms with Crippen LogP contribution < -0.4 is 11.1 Å². The lowest BCUT2D eigenvalue weighted by Gasteiger charge is -2.18. The normalized spacial score (nSPS) is 12.6. The van der Waals surface area contributed by atoms with Gasteiger partial charge >= 0.3 is 0 Å². The highest BCUT2D eigenvalue weighted by atomic mass is 16.2. The zero-order valence-corrected chi connectivity index (χ0v) is 18.7. The highest BCUT2D eigenvalue weighted by Crippen LogP contribution is 2.24. The SMILES string of the molecule is C=N/C=C(\C=C(/C)NC(=O)C(C)(C)C)c1cnc(N)c(C(=N)c2cc3ncccc3[nH]2)c1. The summed E-state index contributed by atoms with van der Waals surface area (Å²) in [6, 6.07) is 7.30. The van der Waals surface area contributed by atoms with Crippen molar-refractivity contribution < 1.29 is 4.79 Å². The number of nitrogens with zero attached hydrogens (tertiary/aromatic N) is 3. The van der Waals surface area contributed by atoms with Crippen molar-refractivity contribution in [2.24, 2.45) is 10.4 Å². The number of aliphatic imine (C=N–C) groups is 1. The zero-order valence-electron chi connectivity index (χ0n) is 18.7. The quantitative estimate of drug-likeness (QED) is 0.347. The predicted molar refractivity (Wildman–Crippen MR) is 130 cm³/mol. The third-order valence-electron chi connectivity index (χ3n) is 4.77. The van der Waals surface area contributed by atoms with Crippen LogP contribution in [0.25, 0.3) is 16.6 Å². The first kappa shape index (κ1) is 22.6. The topological polar surface area (TPSA) is 133 Å². The third-order valence-corrected chi connectivity index (χ3v) is 4.77. The van der Waals surface area contributed by atoms with E-state index in [1.165, 1.54) is 0 Å². The molecule has 0 saturated heterocycles. The molecule has 3 rings (SSSR count). The molecule has 1 amide bonds. The van der Waals surface area contributed by atoms with Crippen LogP contribution in [0.5, 0.6) is 0 Å². The van der Waals surface area contributed by atoms with Crippen LogP contribution in [0.1, 0.15) is 44.5 Å². The third kappa shape index (κ3) is 4.97. The Hall–Kier alpha value is -4.07. The van der Waals surface area contributed by atoms with E-state index in [2.05, 4.69) is 32.0 Å². The lowest BCUT2D eigenvalue weighted by molar-refractivity contribution is -0.127. The number of aromatic amines is 1. The number of hydrogen-bond donors (Lipinski definition) is 4. The molecular weight excluding hydrogens is 402 g/mol. The molecule has 0 unspecified atom stereocenters. The van der Waals surface area contributed by atoms with Crippen LogP contribution in [0.3, 0.4) is 0 Å². The first-order chi connectivity index (χ1) is 15.1. The van der Waals surface area contributed by atoms with Gasteiger partial charge in [0.05, 0.1) is 22.4 Å². The molecule has 0 radical (unpaired) electrons. The Morgan fingerprint density at radius 3 is 2.72 bits per heavy atom. The van der Waals surface area contributed by atoms with E-state index in [1.807, 2.05) is 32.9 Å². The molecule has 164 valence electrons. The molecular formula is C24H27N7O. The molecule has 5 N–H and O–H groups in total. The van der Waals surface area contributed by atoms with Crippen LogP contribution >= 0.6 is 0 Å². The van der Waals surface area contributed by atoms with Crippen LogP contribution in [0.2, 0.25) is 0 Å². The monoisotopic (exact) mass is 429 g/mol. The van der Waals surface area contributed by atoms with Crippen molar-refractivity contribution in [2.75, 3.05) is 5.73 Å². The molecule has 0 saturated carbocycles. The van der Waals surface area contributed by atoms with Crippen LogP contribution in [0.4, 0.5) is 5.82 Å². The van der Waals surface area contributed by atoms with E-state index in [1.54, 1.807) is 43.7 Å². The number of carbonyl (C=O) groups is 1. The van der Waals surface area contributed by atoms with Crippen LogP contribution in [-0.4, -0.2) is 33.3 Å². The van der Waals surface area contributed by atoms with Gasteiger partial charge in [-0.1, -0.05) is 20.8 Å². The Morgan fingerprint density at radius 2 is 2.06 bits per heavy atom. The first-order valence-corrected chi connectivity index (χ1v) is 10.0. The number of amides is 1.